The molecule has 0 radical (unpaired) electrons. The van der Waals surface area contributed by atoms with Crippen LogP contribution >= 0.6 is 0 Å². The molecule has 0 bridgehead atoms. The maximum Gasteiger partial charge on any atom is 0.328 e. The summed E-state index contributed by atoms with van der Waals surface area (Å²) in [6.07, 6.45) is 1.38. The lowest BCUT2D eigenvalue weighted by Gasteiger charge is -2.19. The highest BCUT2D eigenvalue weighted by Crippen LogP contribution is 2.14. The lowest BCUT2D eigenvalue weighted by atomic mass is 9.97. The number of nitrogens with two attached hydrogens (primary N) is 1. The van der Waals surface area contributed by atoms with Crippen molar-refractivity contribution in [2.45, 2.75) is 27.3 Å². The molecule has 0 fully saturated rings. The van der Waals surface area contributed by atoms with Crippen LogP contribution in [-0.4, -0.2) is 9.55 Å². The van der Waals surface area contributed by atoms with Crippen LogP contribution in [0.15, 0.2) is 15.8 Å². The first kappa shape index (κ1) is 10.6. The summed E-state index contributed by atoms with van der Waals surface area (Å²) >= 11 is 0. The highest BCUT2D eigenvalue weighted by molar-refractivity contribution is 5.30. The number of anilines is 1. The Morgan fingerprint density at radius 1 is 1.43 bits per heavy atom. The van der Waals surface area contributed by atoms with E-state index < -0.39 is 11.2 Å². The van der Waals surface area contributed by atoms with Gasteiger partial charge >= 0.3 is 5.69 Å². The highest BCUT2D eigenvalue weighted by Gasteiger charge is 2.12. The van der Waals surface area contributed by atoms with Gasteiger partial charge in [-0.1, -0.05) is 20.8 Å². The first-order valence-corrected chi connectivity index (χ1v) is 4.39. The molecule has 0 aliphatic heterocycles. The fraction of sp³-hybridized carbons (Fsp3) is 0.556. The van der Waals surface area contributed by atoms with E-state index in [1.54, 1.807) is 0 Å². The van der Waals surface area contributed by atoms with E-state index >= 15 is 0 Å². The van der Waals surface area contributed by atoms with Crippen LogP contribution in [0, 0.1) is 5.41 Å². The SMILES string of the molecule is CC(C)(C)Cn1cc(N)c(=O)[nH]c1=O. The minimum atomic E-state index is -0.528. The average molecular weight is 197 g/mol. The highest BCUT2D eigenvalue weighted by atomic mass is 16.2. The third kappa shape index (κ3) is 2.48. The molecule has 1 heterocycles. The van der Waals surface area contributed by atoms with Crippen molar-refractivity contribution in [1.82, 2.24) is 9.55 Å². The molecule has 0 atom stereocenters. The third-order valence-electron chi connectivity index (χ3n) is 1.68. The van der Waals surface area contributed by atoms with Crippen LogP contribution < -0.4 is 17.0 Å². The lowest BCUT2D eigenvalue weighted by Crippen LogP contribution is -2.34. The summed E-state index contributed by atoms with van der Waals surface area (Å²) in [6.45, 7) is 6.52. The van der Waals surface area contributed by atoms with E-state index in [0.717, 1.165) is 0 Å². The quantitative estimate of drug-likeness (QED) is 0.673. The Kier molecular flexibility index (Phi) is 2.51. The van der Waals surface area contributed by atoms with Crippen LogP contribution in [0.2, 0.25) is 0 Å². The molecule has 14 heavy (non-hydrogen) atoms. The molecule has 1 aromatic rings. The molecule has 0 amide bonds. The fourth-order valence-corrected chi connectivity index (χ4v) is 1.15. The van der Waals surface area contributed by atoms with Crippen LogP contribution in [0.3, 0.4) is 0 Å². The van der Waals surface area contributed by atoms with E-state index in [-0.39, 0.29) is 11.1 Å². The van der Waals surface area contributed by atoms with Crippen LogP contribution in [0.5, 0.6) is 0 Å². The Hall–Kier alpha value is -1.52. The van der Waals surface area contributed by atoms with Gasteiger partial charge in [0, 0.05) is 12.7 Å². The van der Waals surface area contributed by atoms with Gasteiger partial charge in [0.05, 0.1) is 0 Å². The van der Waals surface area contributed by atoms with Gasteiger partial charge in [0.1, 0.15) is 5.69 Å². The summed E-state index contributed by atoms with van der Waals surface area (Å²) in [5, 5.41) is 0. The van der Waals surface area contributed by atoms with E-state index in [1.807, 2.05) is 20.8 Å². The predicted octanol–water partition coefficient (Wildman–Crippen LogP) is 0.165. The standard InChI is InChI=1S/C9H15N3O2/c1-9(2,3)5-12-4-6(10)7(13)11-8(12)14/h4H,5,10H2,1-3H3,(H,11,13,14). The molecule has 1 aromatic heterocycles. The van der Waals surface area contributed by atoms with E-state index in [1.165, 1.54) is 10.8 Å². The summed E-state index contributed by atoms with van der Waals surface area (Å²) in [7, 11) is 0. The summed E-state index contributed by atoms with van der Waals surface area (Å²) in [6, 6.07) is 0. The largest absolute Gasteiger partial charge is 0.393 e. The normalized spacial score (nSPS) is 11.6. The van der Waals surface area contributed by atoms with E-state index in [2.05, 4.69) is 4.98 Å². The summed E-state index contributed by atoms with van der Waals surface area (Å²) in [4.78, 5) is 24.4. The third-order valence-corrected chi connectivity index (χ3v) is 1.68. The van der Waals surface area contributed by atoms with Crippen molar-refractivity contribution < 1.29 is 0 Å². The maximum atomic E-state index is 11.3. The van der Waals surface area contributed by atoms with Gasteiger partial charge in [-0.3, -0.25) is 14.3 Å². The zero-order chi connectivity index (χ0) is 10.9. The molecule has 5 heteroatoms. The first-order chi connectivity index (χ1) is 6.29. The second-order valence-electron chi connectivity index (χ2n) is 4.53. The number of nitrogens with one attached hydrogen (secondary N) is 1. The zero-order valence-corrected chi connectivity index (χ0v) is 8.63. The minimum Gasteiger partial charge on any atom is -0.393 e. The Balaban J connectivity index is 3.18. The molecule has 0 saturated carbocycles. The number of aromatic amines is 1. The number of hydrogen-bond acceptors (Lipinski definition) is 3. The van der Waals surface area contributed by atoms with Crippen molar-refractivity contribution in [3.8, 4) is 0 Å². The van der Waals surface area contributed by atoms with Gasteiger partial charge in [-0.25, -0.2) is 4.79 Å². The van der Waals surface area contributed by atoms with Crippen LogP contribution in [0.25, 0.3) is 0 Å². The lowest BCUT2D eigenvalue weighted by molar-refractivity contribution is 0.335. The number of aromatic nitrogens is 2. The topological polar surface area (TPSA) is 80.9 Å². The van der Waals surface area contributed by atoms with Crippen molar-refractivity contribution in [1.29, 1.82) is 0 Å². The van der Waals surface area contributed by atoms with Crippen molar-refractivity contribution in [3.63, 3.8) is 0 Å². The van der Waals surface area contributed by atoms with Gasteiger partial charge in [0.2, 0.25) is 0 Å². The summed E-state index contributed by atoms with van der Waals surface area (Å²) < 4.78 is 1.41. The van der Waals surface area contributed by atoms with Gasteiger partial charge in [-0.2, -0.15) is 0 Å². The predicted molar refractivity (Wildman–Crippen MR) is 55.2 cm³/mol. The smallest absolute Gasteiger partial charge is 0.328 e. The van der Waals surface area contributed by atoms with Gasteiger partial charge in [0.25, 0.3) is 5.56 Å². The van der Waals surface area contributed by atoms with Gasteiger partial charge in [-0.05, 0) is 5.41 Å². The molecule has 3 N–H and O–H groups in total. The Morgan fingerprint density at radius 2 is 2.00 bits per heavy atom. The zero-order valence-electron chi connectivity index (χ0n) is 8.63. The summed E-state index contributed by atoms with van der Waals surface area (Å²) in [5.74, 6) is 0. The van der Waals surface area contributed by atoms with Gasteiger partial charge in [0.15, 0.2) is 0 Å². The Labute approximate surface area is 81.6 Å². The monoisotopic (exact) mass is 197 g/mol. The fourth-order valence-electron chi connectivity index (χ4n) is 1.15. The molecular weight excluding hydrogens is 182 g/mol. The van der Waals surface area contributed by atoms with Gasteiger partial charge in [-0.15, -0.1) is 0 Å². The molecule has 5 nitrogen and oxygen atoms in total. The molecule has 0 unspecified atom stereocenters. The molecule has 0 aliphatic rings. The van der Waals surface area contributed by atoms with Crippen molar-refractivity contribution in [2.75, 3.05) is 5.73 Å². The van der Waals surface area contributed by atoms with Gasteiger partial charge < -0.3 is 5.73 Å². The molecule has 0 saturated heterocycles. The molecule has 0 spiro atoms. The average Bonchev–Trinajstić information content (AvgIpc) is 1.97. The molecule has 1 rings (SSSR count). The van der Waals surface area contributed by atoms with Crippen LogP contribution in [-0.2, 0) is 6.54 Å². The van der Waals surface area contributed by atoms with E-state index in [9.17, 15) is 9.59 Å². The number of rotatable bonds is 1. The molecular formula is C9H15N3O2. The Morgan fingerprint density at radius 3 is 2.50 bits per heavy atom. The first-order valence-electron chi connectivity index (χ1n) is 4.39. The molecule has 0 aromatic carbocycles. The number of nitrogen functional groups attached to an aromatic ring is 1. The second-order valence-corrected chi connectivity index (χ2v) is 4.53. The maximum absolute atomic E-state index is 11.3. The number of nitrogens with zero attached hydrogens (tertiary/aromatic N) is 1. The van der Waals surface area contributed by atoms with Crippen LogP contribution in [0.1, 0.15) is 20.8 Å². The Bertz CT molecular complexity index is 437. The minimum absolute atomic E-state index is 0.0332. The van der Waals surface area contributed by atoms with Crippen molar-refractivity contribution >= 4 is 5.69 Å². The molecule has 78 valence electrons. The number of H-pyrrole nitrogens is 1. The molecule has 0 aliphatic carbocycles. The van der Waals surface area contributed by atoms with Crippen LogP contribution in [0.4, 0.5) is 5.69 Å². The second kappa shape index (κ2) is 3.32. The van der Waals surface area contributed by atoms with E-state index in [4.69, 9.17) is 5.73 Å². The van der Waals surface area contributed by atoms with Crippen molar-refractivity contribution in [3.05, 3.63) is 27.0 Å². The van der Waals surface area contributed by atoms with Crippen molar-refractivity contribution in [2.24, 2.45) is 5.41 Å². The summed E-state index contributed by atoms with van der Waals surface area (Å²) in [5.41, 5.74) is 4.49. The van der Waals surface area contributed by atoms with E-state index in [0.29, 0.717) is 6.54 Å². The number of hydrogen-bond donors (Lipinski definition) is 2.